The van der Waals surface area contributed by atoms with E-state index in [1.165, 1.54) is 24.3 Å². The third kappa shape index (κ3) is 3.40. The second-order valence-electron chi connectivity index (χ2n) is 4.29. The number of hydrogen-bond donors (Lipinski definition) is 2. The first-order valence-electron chi connectivity index (χ1n) is 6.15. The number of carbonyl (C=O) groups is 1. The molecule has 0 aromatic heterocycles. The number of anilines is 1. The van der Waals surface area contributed by atoms with Crippen molar-refractivity contribution in [1.82, 2.24) is 0 Å². The summed E-state index contributed by atoms with van der Waals surface area (Å²) in [4.78, 5) is 16.3. The summed E-state index contributed by atoms with van der Waals surface area (Å²) in [5.74, 6) is -0.803. The maximum Gasteiger partial charge on any atom is 0.260 e. The van der Waals surface area contributed by atoms with E-state index in [9.17, 15) is 14.3 Å². The van der Waals surface area contributed by atoms with E-state index in [-0.39, 0.29) is 11.4 Å². The number of aliphatic hydroxyl groups is 1. The molecule has 0 saturated heterocycles. The fourth-order valence-corrected chi connectivity index (χ4v) is 1.91. The average molecular weight is 262 g/mol. The van der Waals surface area contributed by atoms with Gasteiger partial charge in [0.15, 0.2) is 0 Å². The van der Waals surface area contributed by atoms with Crippen molar-refractivity contribution in [3.8, 4) is 0 Å². The molecule has 2 rings (SSSR count). The van der Waals surface area contributed by atoms with Crippen LogP contribution in [0.3, 0.4) is 0 Å². The van der Waals surface area contributed by atoms with Gasteiger partial charge >= 0.3 is 0 Å². The Bertz CT molecular complexity index is 521. The monoisotopic (exact) mass is 262 g/mol. The van der Waals surface area contributed by atoms with Crippen LogP contribution in [0.2, 0.25) is 0 Å². The van der Waals surface area contributed by atoms with E-state index >= 15 is 0 Å². The second-order valence-corrected chi connectivity index (χ2v) is 4.29. The highest BCUT2D eigenvalue weighted by Gasteiger charge is 2.18. The first kappa shape index (κ1) is 13.3. The highest BCUT2D eigenvalue weighted by Crippen LogP contribution is 2.15. The zero-order chi connectivity index (χ0) is 13.7. The predicted octanol–water partition coefficient (Wildman–Crippen LogP) is 2.83. The van der Waals surface area contributed by atoms with Crippen molar-refractivity contribution in [2.45, 2.75) is 19.3 Å². The lowest BCUT2D eigenvalue weighted by atomic mass is 10.0. The zero-order valence-electron chi connectivity index (χ0n) is 10.4. The molecule has 0 atom stereocenters. The molecule has 4 nitrogen and oxygen atoms in total. The molecule has 1 amide bonds. The minimum absolute atomic E-state index is 0.170. The zero-order valence-corrected chi connectivity index (χ0v) is 10.4. The van der Waals surface area contributed by atoms with E-state index < -0.39 is 5.91 Å². The van der Waals surface area contributed by atoms with E-state index in [1.807, 2.05) is 0 Å². The van der Waals surface area contributed by atoms with Gasteiger partial charge in [-0.05, 0) is 43.5 Å². The Labute approximate surface area is 110 Å². The number of aliphatic hydroxyl groups excluding tert-OH is 1. The van der Waals surface area contributed by atoms with Crippen molar-refractivity contribution in [3.05, 3.63) is 41.9 Å². The largest absolute Gasteiger partial charge is 0.515 e. The molecule has 1 aliphatic heterocycles. The van der Waals surface area contributed by atoms with Crippen LogP contribution in [0.5, 0.6) is 0 Å². The van der Waals surface area contributed by atoms with E-state index in [4.69, 9.17) is 0 Å². The Kier molecular flexibility index (Phi) is 4.28. The molecule has 2 N–H and O–H groups in total. The molecule has 100 valence electrons. The van der Waals surface area contributed by atoms with Crippen molar-refractivity contribution in [2.24, 2.45) is 4.99 Å². The minimum atomic E-state index is -0.435. The van der Waals surface area contributed by atoms with E-state index in [0.29, 0.717) is 24.4 Å². The SMILES string of the molecule is O=C(Nc1ccc(F)cc1)/C(=C/O)C1=NCCCC1. The Morgan fingerprint density at radius 2 is 2.05 bits per heavy atom. The highest BCUT2D eigenvalue weighted by atomic mass is 19.1. The third-order valence-electron chi connectivity index (χ3n) is 2.91. The topological polar surface area (TPSA) is 61.7 Å². The summed E-state index contributed by atoms with van der Waals surface area (Å²) in [6.45, 7) is 0.677. The summed E-state index contributed by atoms with van der Waals surface area (Å²) >= 11 is 0. The lowest BCUT2D eigenvalue weighted by molar-refractivity contribution is -0.112. The summed E-state index contributed by atoms with van der Waals surface area (Å²) < 4.78 is 12.8. The molecule has 0 spiro atoms. The fourth-order valence-electron chi connectivity index (χ4n) is 1.91. The van der Waals surface area contributed by atoms with Crippen LogP contribution in [0.25, 0.3) is 0 Å². The Balaban J connectivity index is 2.09. The van der Waals surface area contributed by atoms with Crippen molar-refractivity contribution in [2.75, 3.05) is 11.9 Å². The smallest absolute Gasteiger partial charge is 0.260 e. The van der Waals surface area contributed by atoms with Gasteiger partial charge in [-0.25, -0.2) is 4.39 Å². The fraction of sp³-hybridized carbons (Fsp3) is 0.286. The van der Waals surface area contributed by atoms with Gasteiger partial charge in [0.25, 0.3) is 5.91 Å². The number of hydrogen-bond acceptors (Lipinski definition) is 3. The molecule has 0 saturated carbocycles. The lowest BCUT2D eigenvalue weighted by Gasteiger charge is -2.14. The Hall–Kier alpha value is -2.17. The van der Waals surface area contributed by atoms with Crippen LogP contribution in [0, 0.1) is 5.82 Å². The molecule has 1 aliphatic rings. The number of halogens is 1. The van der Waals surface area contributed by atoms with Crippen molar-refractivity contribution in [1.29, 1.82) is 0 Å². The van der Waals surface area contributed by atoms with Crippen LogP contribution in [0.1, 0.15) is 19.3 Å². The summed E-state index contributed by atoms with van der Waals surface area (Å²) in [6, 6.07) is 5.45. The standard InChI is InChI=1S/C14H15FN2O2/c15-10-4-6-11(7-5-10)17-14(19)12(9-18)13-3-1-2-8-16-13/h4-7,9,18H,1-3,8H2,(H,17,19)/b12-9+. The van der Waals surface area contributed by atoms with Gasteiger partial charge in [0, 0.05) is 12.2 Å². The Morgan fingerprint density at radius 3 is 2.63 bits per heavy atom. The van der Waals surface area contributed by atoms with Crippen LogP contribution in [0.15, 0.2) is 41.1 Å². The molecule has 5 heteroatoms. The molecule has 0 fully saturated rings. The maximum atomic E-state index is 12.8. The van der Waals surface area contributed by atoms with E-state index in [2.05, 4.69) is 10.3 Å². The van der Waals surface area contributed by atoms with Crippen LogP contribution in [0.4, 0.5) is 10.1 Å². The van der Waals surface area contributed by atoms with Crippen molar-refractivity contribution >= 4 is 17.3 Å². The van der Waals surface area contributed by atoms with Gasteiger partial charge in [0.2, 0.25) is 0 Å². The average Bonchev–Trinajstić information content (AvgIpc) is 2.43. The van der Waals surface area contributed by atoms with Gasteiger partial charge in [-0.1, -0.05) is 0 Å². The Morgan fingerprint density at radius 1 is 1.32 bits per heavy atom. The molecule has 0 bridgehead atoms. The number of aliphatic imine (C=N–C) groups is 1. The van der Waals surface area contributed by atoms with E-state index in [0.717, 1.165) is 19.1 Å². The molecule has 0 aliphatic carbocycles. The third-order valence-corrected chi connectivity index (χ3v) is 2.91. The minimum Gasteiger partial charge on any atom is -0.515 e. The lowest BCUT2D eigenvalue weighted by Crippen LogP contribution is -2.22. The molecule has 0 radical (unpaired) electrons. The molecule has 1 heterocycles. The first-order chi connectivity index (χ1) is 9.20. The van der Waals surface area contributed by atoms with Gasteiger partial charge in [-0.3, -0.25) is 9.79 Å². The van der Waals surface area contributed by atoms with Gasteiger partial charge < -0.3 is 10.4 Å². The van der Waals surface area contributed by atoms with Crippen LogP contribution in [-0.2, 0) is 4.79 Å². The number of nitrogens with zero attached hydrogens (tertiary/aromatic N) is 1. The van der Waals surface area contributed by atoms with Crippen LogP contribution in [-0.4, -0.2) is 23.3 Å². The maximum absolute atomic E-state index is 12.8. The normalized spacial score (nSPS) is 15.8. The predicted molar refractivity (Wildman–Crippen MR) is 71.9 cm³/mol. The highest BCUT2D eigenvalue weighted by molar-refractivity contribution is 6.25. The summed E-state index contributed by atoms with van der Waals surface area (Å²) in [5.41, 5.74) is 1.26. The van der Waals surface area contributed by atoms with Crippen LogP contribution >= 0.6 is 0 Å². The molecule has 0 unspecified atom stereocenters. The number of nitrogens with one attached hydrogen (secondary N) is 1. The number of benzene rings is 1. The van der Waals surface area contributed by atoms with Gasteiger partial charge in [-0.15, -0.1) is 0 Å². The molecule has 1 aromatic carbocycles. The number of amides is 1. The first-order valence-corrected chi connectivity index (χ1v) is 6.15. The second kappa shape index (κ2) is 6.13. The van der Waals surface area contributed by atoms with Gasteiger partial charge in [-0.2, -0.15) is 0 Å². The van der Waals surface area contributed by atoms with Gasteiger partial charge in [0.1, 0.15) is 5.82 Å². The molecule has 19 heavy (non-hydrogen) atoms. The quantitative estimate of drug-likeness (QED) is 0.650. The summed E-state index contributed by atoms with van der Waals surface area (Å²) in [7, 11) is 0. The molecule has 1 aromatic rings. The molecular formula is C14H15FN2O2. The van der Waals surface area contributed by atoms with Gasteiger partial charge in [0.05, 0.1) is 17.5 Å². The van der Waals surface area contributed by atoms with Crippen molar-refractivity contribution in [3.63, 3.8) is 0 Å². The summed E-state index contributed by atoms with van der Waals surface area (Å²) in [5, 5.41) is 11.8. The number of carbonyl (C=O) groups excluding carboxylic acids is 1. The molecular weight excluding hydrogens is 247 g/mol. The van der Waals surface area contributed by atoms with E-state index in [1.54, 1.807) is 0 Å². The number of rotatable bonds is 3. The van der Waals surface area contributed by atoms with Crippen LogP contribution < -0.4 is 5.32 Å². The summed E-state index contributed by atoms with van der Waals surface area (Å²) in [6.07, 6.45) is 3.42. The van der Waals surface area contributed by atoms with Crippen molar-refractivity contribution < 1.29 is 14.3 Å².